The van der Waals surface area contributed by atoms with Crippen molar-refractivity contribution in [3.8, 4) is 0 Å². The fraction of sp³-hybridized carbons (Fsp3) is 0.333. The summed E-state index contributed by atoms with van der Waals surface area (Å²) in [6, 6.07) is 29.1. The zero-order valence-electron chi connectivity index (χ0n) is 18.4. The summed E-state index contributed by atoms with van der Waals surface area (Å²) < 4.78 is 23.6. The van der Waals surface area contributed by atoms with Crippen LogP contribution in [0.4, 0.5) is 0 Å². The van der Waals surface area contributed by atoms with Crippen molar-refractivity contribution >= 4 is 0 Å². The van der Waals surface area contributed by atoms with Crippen LogP contribution in [0.5, 0.6) is 0 Å². The molecule has 6 heteroatoms. The van der Waals surface area contributed by atoms with Gasteiger partial charge in [-0.05, 0) is 16.7 Å². The van der Waals surface area contributed by atoms with Gasteiger partial charge < -0.3 is 29.2 Å². The summed E-state index contributed by atoms with van der Waals surface area (Å²) in [5, 5.41) is 21.7. The number of hydrogen-bond acceptors (Lipinski definition) is 6. The largest absolute Gasteiger partial charge is 0.387 e. The third kappa shape index (κ3) is 6.71. The summed E-state index contributed by atoms with van der Waals surface area (Å²) in [7, 11) is 0. The highest BCUT2D eigenvalue weighted by Gasteiger charge is 2.46. The molecule has 4 rings (SSSR count). The number of rotatable bonds is 10. The molecular weight excluding hydrogens is 420 g/mol. The maximum atomic E-state index is 11.1. The summed E-state index contributed by atoms with van der Waals surface area (Å²) in [6.45, 7) is 1.09. The van der Waals surface area contributed by atoms with Crippen LogP contribution in [0.25, 0.3) is 0 Å². The first-order valence-electron chi connectivity index (χ1n) is 11.1. The molecule has 33 heavy (non-hydrogen) atoms. The Kier molecular flexibility index (Phi) is 8.60. The first kappa shape index (κ1) is 23.6. The molecule has 1 heterocycles. The minimum atomic E-state index is -1.30. The van der Waals surface area contributed by atoms with E-state index in [0.29, 0.717) is 13.2 Å². The lowest BCUT2D eigenvalue weighted by molar-refractivity contribution is -0.308. The Balaban J connectivity index is 1.41. The molecule has 0 bridgehead atoms. The third-order valence-corrected chi connectivity index (χ3v) is 5.60. The van der Waals surface area contributed by atoms with Crippen molar-refractivity contribution in [1.29, 1.82) is 0 Å². The average Bonchev–Trinajstić information content (AvgIpc) is 2.85. The molecule has 1 saturated heterocycles. The third-order valence-electron chi connectivity index (χ3n) is 5.60. The van der Waals surface area contributed by atoms with Crippen LogP contribution in [0.15, 0.2) is 91.0 Å². The van der Waals surface area contributed by atoms with Crippen LogP contribution in [0.2, 0.25) is 0 Å². The molecule has 1 fully saturated rings. The maximum Gasteiger partial charge on any atom is 0.184 e. The van der Waals surface area contributed by atoms with Crippen molar-refractivity contribution in [2.45, 2.75) is 50.5 Å². The van der Waals surface area contributed by atoms with Gasteiger partial charge in [-0.2, -0.15) is 0 Å². The second-order valence-electron chi connectivity index (χ2n) is 8.08. The van der Waals surface area contributed by atoms with Gasteiger partial charge in [0.2, 0.25) is 0 Å². The second-order valence-corrected chi connectivity index (χ2v) is 8.08. The number of benzene rings is 3. The van der Waals surface area contributed by atoms with E-state index in [1.807, 2.05) is 91.0 Å². The topological polar surface area (TPSA) is 77.4 Å². The van der Waals surface area contributed by atoms with Gasteiger partial charge in [-0.15, -0.1) is 0 Å². The number of hydrogen-bond donors (Lipinski definition) is 2. The summed E-state index contributed by atoms with van der Waals surface area (Å²) >= 11 is 0. The Bertz CT molecular complexity index is 935. The molecular formula is C27H30O6. The van der Waals surface area contributed by atoms with E-state index < -0.39 is 30.7 Å². The van der Waals surface area contributed by atoms with E-state index in [0.717, 1.165) is 16.7 Å². The fourth-order valence-corrected chi connectivity index (χ4v) is 3.83. The van der Waals surface area contributed by atoms with E-state index in [1.54, 1.807) is 0 Å². The minimum Gasteiger partial charge on any atom is -0.387 e. The van der Waals surface area contributed by atoms with Crippen molar-refractivity contribution < 1.29 is 29.2 Å². The van der Waals surface area contributed by atoms with Gasteiger partial charge in [0.1, 0.15) is 24.4 Å². The van der Waals surface area contributed by atoms with Gasteiger partial charge >= 0.3 is 0 Å². The standard InChI is InChI=1S/C27H30O6/c28-24-25(31-17-21-12-6-2-7-13-21)23(19-30-16-20-10-4-1-5-11-20)33-27(29)26(24)32-18-22-14-8-3-9-15-22/h1-15,23-29H,16-19H2/t23-,24+,25-,26-,27+/m1/s1. The average molecular weight is 451 g/mol. The van der Waals surface area contributed by atoms with E-state index >= 15 is 0 Å². The first-order chi connectivity index (χ1) is 16.2. The SMILES string of the molecule is O[C@@H]1[C@@H](OCc2ccccc2)[C@@H](O)O[C@H](COCc2ccccc2)[C@H]1OCc1ccccc1. The summed E-state index contributed by atoms with van der Waals surface area (Å²) in [5.41, 5.74) is 2.94. The van der Waals surface area contributed by atoms with Crippen molar-refractivity contribution in [1.82, 2.24) is 0 Å². The molecule has 174 valence electrons. The van der Waals surface area contributed by atoms with Gasteiger partial charge in [0.05, 0.1) is 26.4 Å². The molecule has 0 spiro atoms. The predicted octanol–water partition coefficient (Wildman–Crippen LogP) is 3.45. The molecule has 0 amide bonds. The van der Waals surface area contributed by atoms with Crippen molar-refractivity contribution in [2.75, 3.05) is 6.61 Å². The summed E-state index contributed by atoms with van der Waals surface area (Å²) in [4.78, 5) is 0. The summed E-state index contributed by atoms with van der Waals surface area (Å²) in [6.07, 6.45) is -4.72. The zero-order valence-corrected chi connectivity index (χ0v) is 18.4. The smallest absolute Gasteiger partial charge is 0.184 e. The van der Waals surface area contributed by atoms with Crippen LogP contribution < -0.4 is 0 Å². The van der Waals surface area contributed by atoms with Crippen LogP contribution in [-0.4, -0.2) is 47.5 Å². The van der Waals surface area contributed by atoms with Crippen molar-refractivity contribution in [2.24, 2.45) is 0 Å². The Morgan fingerprint density at radius 3 is 1.58 bits per heavy atom. The Labute approximate surface area is 194 Å². The highest BCUT2D eigenvalue weighted by molar-refractivity contribution is 5.15. The molecule has 0 radical (unpaired) electrons. The number of aliphatic hydroxyl groups is 2. The van der Waals surface area contributed by atoms with E-state index in [4.69, 9.17) is 18.9 Å². The molecule has 0 aromatic heterocycles. The highest BCUT2D eigenvalue weighted by Crippen LogP contribution is 2.27. The number of aliphatic hydroxyl groups excluding tert-OH is 2. The van der Waals surface area contributed by atoms with Gasteiger partial charge in [0.15, 0.2) is 6.29 Å². The van der Waals surface area contributed by atoms with Crippen LogP contribution >= 0.6 is 0 Å². The molecule has 0 unspecified atom stereocenters. The van der Waals surface area contributed by atoms with Crippen molar-refractivity contribution in [3.05, 3.63) is 108 Å². The van der Waals surface area contributed by atoms with Crippen LogP contribution in [0, 0.1) is 0 Å². The minimum absolute atomic E-state index is 0.161. The Morgan fingerprint density at radius 2 is 1.06 bits per heavy atom. The van der Waals surface area contributed by atoms with Gasteiger partial charge in [0.25, 0.3) is 0 Å². The molecule has 2 N–H and O–H groups in total. The van der Waals surface area contributed by atoms with Crippen LogP contribution in [0.1, 0.15) is 16.7 Å². The van der Waals surface area contributed by atoms with E-state index in [1.165, 1.54) is 0 Å². The van der Waals surface area contributed by atoms with E-state index in [9.17, 15) is 10.2 Å². The van der Waals surface area contributed by atoms with Gasteiger partial charge in [0, 0.05) is 0 Å². The lowest BCUT2D eigenvalue weighted by atomic mass is 9.98. The molecule has 5 atom stereocenters. The van der Waals surface area contributed by atoms with E-state index in [-0.39, 0.29) is 13.2 Å². The first-order valence-corrected chi connectivity index (χ1v) is 11.1. The fourth-order valence-electron chi connectivity index (χ4n) is 3.83. The number of ether oxygens (including phenoxy) is 4. The second kappa shape index (κ2) is 12.0. The molecule has 3 aromatic rings. The highest BCUT2D eigenvalue weighted by atomic mass is 16.7. The van der Waals surface area contributed by atoms with Gasteiger partial charge in [-0.3, -0.25) is 0 Å². The van der Waals surface area contributed by atoms with Crippen LogP contribution in [-0.2, 0) is 38.8 Å². The molecule has 1 aliphatic rings. The van der Waals surface area contributed by atoms with Gasteiger partial charge in [-0.25, -0.2) is 0 Å². The lowest BCUT2D eigenvalue weighted by Crippen LogP contribution is -2.60. The van der Waals surface area contributed by atoms with Crippen LogP contribution in [0.3, 0.4) is 0 Å². The monoisotopic (exact) mass is 450 g/mol. The van der Waals surface area contributed by atoms with Crippen molar-refractivity contribution in [3.63, 3.8) is 0 Å². The Morgan fingerprint density at radius 1 is 0.606 bits per heavy atom. The molecule has 1 aliphatic heterocycles. The normalized spacial score (nSPS) is 25.1. The lowest BCUT2D eigenvalue weighted by Gasteiger charge is -2.42. The Hall–Kier alpha value is -2.58. The molecule has 0 aliphatic carbocycles. The van der Waals surface area contributed by atoms with Gasteiger partial charge in [-0.1, -0.05) is 91.0 Å². The maximum absolute atomic E-state index is 11.1. The summed E-state index contributed by atoms with van der Waals surface area (Å²) in [5.74, 6) is 0. The zero-order chi connectivity index (χ0) is 22.9. The van der Waals surface area contributed by atoms with E-state index in [2.05, 4.69) is 0 Å². The molecule has 0 saturated carbocycles. The molecule has 3 aromatic carbocycles. The quantitative estimate of drug-likeness (QED) is 0.493. The predicted molar refractivity (Wildman–Crippen MR) is 123 cm³/mol. The molecule has 6 nitrogen and oxygen atoms in total.